The van der Waals surface area contributed by atoms with E-state index in [9.17, 15) is 9.90 Å². The number of carbonyl (C=O) groups is 1. The van der Waals surface area contributed by atoms with Crippen LogP contribution in [0.3, 0.4) is 0 Å². The van der Waals surface area contributed by atoms with Crippen molar-refractivity contribution in [1.29, 1.82) is 0 Å². The van der Waals surface area contributed by atoms with Crippen LogP contribution in [0.25, 0.3) is 0 Å². The van der Waals surface area contributed by atoms with E-state index in [2.05, 4.69) is 5.32 Å². The van der Waals surface area contributed by atoms with Gasteiger partial charge in [-0.3, -0.25) is 4.79 Å². The third kappa shape index (κ3) is 3.56. The molecule has 0 radical (unpaired) electrons. The monoisotopic (exact) mass is 233 g/mol. The van der Waals surface area contributed by atoms with Crippen molar-refractivity contribution in [3.63, 3.8) is 0 Å². The summed E-state index contributed by atoms with van der Waals surface area (Å²) in [5, 5.41) is 13.0. The Kier molecular flexibility index (Phi) is 3.79. The van der Waals surface area contributed by atoms with E-state index in [-0.39, 0.29) is 12.3 Å². The highest BCUT2D eigenvalue weighted by Gasteiger charge is 2.33. The van der Waals surface area contributed by atoms with Crippen molar-refractivity contribution in [3.8, 4) is 0 Å². The third-order valence-corrected chi connectivity index (χ3v) is 3.36. The number of nitrogens with one attached hydrogen (secondary N) is 1. The van der Waals surface area contributed by atoms with Crippen LogP contribution in [0.4, 0.5) is 0 Å². The molecular weight excluding hydrogens is 214 g/mol. The summed E-state index contributed by atoms with van der Waals surface area (Å²) in [7, 11) is 0. The van der Waals surface area contributed by atoms with Gasteiger partial charge in [-0.15, -0.1) is 0 Å². The lowest BCUT2D eigenvalue weighted by Crippen LogP contribution is -2.34. The maximum atomic E-state index is 11.7. The molecule has 0 unspecified atom stereocenters. The first-order valence-electron chi connectivity index (χ1n) is 6.21. The van der Waals surface area contributed by atoms with Crippen molar-refractivity contribution in [3.05, 3.63) is 35.9 Å². The lowest BCUT2D eigenvalue weighted by molar-refractivity contribution is -0.126. The van der Waals surface area contributed by atoms with Crippen LogP contribution in [0.5, 0.6) is 0 Å². The summed E-state index contributed by atoms with van der Waals surface area (Å²) in [6.45, 7) is 0.537. The van der Waals surface area contributed by atoms with Crippen LogP contribution in [0.1, 0.15) is 37.7 Å². The number of rotatable bonds is 4. The highest BCUT2D eigenvalue weighted by atomic mass is 16.3. The first kappa shape index (κ1) is 12.1. The van der Waals surface area contributed by atoms with Gasteiger partial charge in [0.2, 0.25) is 5.91 Å². The lowest BCUT2D eigenvalue weighted by atomic mass is 9.97. The highest BCUT2D eigenvalue weighted by molar-refractivity contribution is 5.77. The van der Waals surface area contributed by atoms with Crippen molar-refractivity contribution < 1.29 is 9.90 Å². The van der Waals surface area contributed by atoms with Crippen LogP contribution in [-0.2, 0) is 11.3 Å². The van der Waals surface area contributed by atoms with Crippen LogP contribution < -0.4 is 5.32 Å². The third-order valence-electron chi connectivity index (χ3n) is 3.36. The molecule has 1 aliphatic carbocycles. The fourth-order valence-electron chi connectivity index (χ4n) is 2.37. The first-order valence-corrected chi connectivity index (χ1v) is 6.21. The largest absolute Gasteiger partial charge is 0.389 e. The molecule has 2 N–H and O–H groups in total. The second-order valence-corrected chi connectivity index (χ2v) is 4.87. The van der Waals surface area contributed by atoms with Gasteiger partial charge in [0, 0.05) is 6.54 Å². The molecule has 0 aliphatic heterocycles. The van der Waals surface area contributed by atoms with E-state index >= 15 is 0 Å². The van der Waals surface area contributed by atoms with Gasteiger partial charge in [0.25, 0.3) is 0 Å². The Morgan fingerprint density at radius 2 is 1.88 bits per heavy atom. The molecule has 0 heterocycles. The molecule has 1 fully saturated rings. The van der Waals surface area contributed by atoms with Gasteiger partial charge in [0.1, 0.15) is 0 Å². The Hall–Kier alpha value is -1.35. The van der Waals surface area contributed by atoms with Crippen molar-refractivity contribution in [1.82, 2.24) is 5.32 Å². The van der Waals surface area contributed by atoms with Gasteiger partial charge >= 0.3 is 0 Å². The molecule has 1 saturated carbocycles. The van der Waals surface area contributed by atoms with E-state index in [1.54, 1.807) is 0 Å². The Morgan fingerprint density at radius 1 is 1.24 bits per heavy atom. The molecule has 0 atom stereocenters. The molecular formula is C14H19NO2. The van der Waals surface area contributed by atoms with E-state index < -0.39 is 5.60 Å². The Balaban J connectivity index is 1.78. The maximum Gasteiger partial charge on any atom is 0.223 e. The highest BCUT2D eigenvalue weighted by Crippen LogP contribution is 2.32. The predicted octanol–water partition coefficient (Wildman–Crippen LogP) is 2.00. The molecule has 0 bridgehead atoms. The fraction of sp³-hybridized carbons (Fsp3) is 0.500. The molecule has 17 heavy (non-hydrogen) atoms. The average Bonchev–Trinajstić information content (AvgIpc) is 2.74. The predicted molar refractivity (Wildman–Crippen MR) is 66.3 cm³/mol. The van der Waals surface area contributed by atoms with Gasteiger partial charge in [0.15, 0.2) is 0 Å². The van der Waals surface area contributed by atoms with Gasteiger partial charge in [-0.1, -0.05) is 43.2 Å². The minimum Gasteiger partial charge on any atom is -0.389 e. The van der Waals surface area contributed by atoms with Crippen LogP contribution in [-0.4, -0.2) is 16.6 Å². The normalized spacial score (nSPS) is 17.9. The molecule has 1 aromatic carbocycles. The van der Waals surface area contributed by atoms with E-state index in [0.29, 0.717) is 6.54 Å². The zero-order chi connectivity index (χ0) is 12.1. The number of amides is 1. The standard InChI is InChI=1S/C14H19NO2/c16-13(10-14(17)8-4-5-9-14)15-11-12-6-2-1-3-7-12/h1-3,6-7,17H,4-5,8-11H2,(H,15,16). The molecule has 1 aromatic rings. The van der Waals surface area contributed by atoms with E-state index in [4.69, 9.17) is 0 Å². The van der Waals surface area contributed by atoms with Crippen molar-refractivity contribution in [2.75, 3.05) is 0 Å². The molecule has 3 heteroatoms. The van der Waals surface area contributed by atoms with Crippen LogP contribution in [0.15, 0.2) is 30.3 Å². The minimum atomic E-state index is -0.749. The summed E-state index contributed by atoms with van der Waals surface area (Å²) in [6, 6.07) is 9.81. The van der Waals surface area contributed by atoms with Gasteiger partial charge < -0.3 is 10.4 Å². The van der Waals surface area contributed by atoms with Crippen molar-refractivity contribution in [2.24, 2.45) is 0 Å². The summed E-state index contributed by atoms with van der Waals surface area (Å²) < 4.78 is 0. The van der Waals surface area contributed by atoms with Crippen molar-refractivity contribution >= 4 is 5.91 Å². The van der Waals surface area contributed by atoms with Crippen LogP contribution >= 0.6 is 0 Å². The molecule has 0 spiro atoms. The molecule has 1 amide bonds. The molecule has 0 aromatic heterocycles. The number of carbonyl (C=O) groups excluding carboxylic acids is 1. The maximum absolute atomic E-state index is 11.7. The van der Waals surface area contributed by atoms with Gasteiger partial charge in [0.05, 0.1) is 12.0 Å². The smallest absolute Gasteiger partial charge is 0.223 e. The van der Waals surface area contributed by atoms with Gasteiger partial charge in [-0.25, -0.2) is 0 Å². The second-order valence-electron chi connectivity index (χ2n) is 4.87. The number of aliphatic hydroxyl groups is 1. The van der Waals surface area contributed by atoms with E-state index in [0.717, 1.165) is 31.2 Å². The molecule has 0 saturated heterocycles. The summed E-state index contributed by atoms with van der Waals surface area (Å²) in [5.74, 6) is -0.0572. The molecule has 2 rings (SSSR count). The van der Waals surface area contributed by atoms with E-state index in [1.807, 2.05) is 30.3 Å². The number of benzene rings is 1. The lowest BCUT2D eigenvalue weighted by Gasteiger charge is -2.21. The Morgan fingerprint density at radius 3 is 2.53 bits per heavy atom. The number of hydrogen-bond acceptors (Lipinski definition) is 2. The topological polar surface area (TPSA) is 49.3 Å². The van der Waals surface area contributed by atoms with Crippen LogP contribution in [0.2, 0.25) is 0 Å². The van der Waals surface area contributed by atoms with Crippen molar-refractivity contribution in [2.45, 2.75) is 44.2 Å². The van der Waals surface area contributed by atoms with Crippen LogP contribution in [0, 0.1) is 0 Å². The SMILES string of the molecule is O=C(CC1(O)CCCC1)NCc1ccccc1. The quantitative estimate of drug-likeness (QED) is 0.835. The Bertz CT molecular complexity index is 369. The second kappa shape index (κ2) is 5.32. The molecule has 92 valence electrons. The zero-order valence-electron chi connectivity index (χ0n) is 9.98. The summed E-state index contributed by atoms with van der Waals surface area (Å²) in [4.78, 5) is 11.7. The first-order chi connectivity index (χ1) is 8.18. The zero-order valence-corrected chi connectivity index (χ0v) is 9.98. The summed E-state index contributed by atoms with van der Waals surface area (Å²) in [5.41, 5.74) is 0.333. The molecule has 3 nitrogen and oxygen atoms in total. The van der Waals surface area contributed by atoms with E-state index in [1.165, 1.54) is 0 Å². The number of hydrogen-bond donors (Lipinski definition) is 2. The van der Waals surface area contributed by atoms with Gasteiger partial charge in [-0.2, -0.15) is 0 Å². The average molecular weight is 233 g/mol. The Labute approximate surface area is 102 Å². The minimum absolute atomic E-state index is 0.0572. The molecule has 1 aliphatic rings. The summed E-state index contributed by atoms with van der Waals surface area (Å²) >= 11 is 0. The van der Waals surface area contributed by atoms with Gasteiger partial charge in [-0.05, 0) is 18.4 Å². The summed E-state index contributed by atoms with van der Waals surface area (Å²) in [6.07, 6.45) is 3.81. The fourth-order valence-corrected chi connectivity index (χ4v) is 2.37.